The Kier molecular flexibility index (Phi) is 5.62. The number of sulfone groups is 1. The van der Waals surface area contributed by atoms with Crippen molar-refractivity contribution >= 4 is 37.3 Å². The number of carbonyl (C=O) groups is 1. The van der Waals surface area contributed by atoms with E-state index in [-0.39, 0.29) is 23.0 Å². The summed E-state index contributed by atoms with van der Waals surface area (Å²) in [5.41, 5.74) is 3.05. The van der Waals surface area contributed by atoms with E-state index in [2.05, 4.69) is 30.1 Å². The molecule has 0 N–H and O–H groups in total. The highest BCUT2D eigenvalue weighted by molar-refractivity contribution is 7.91. The lowest BCUT2D eigenvalue weighted by Crippen LogP contribution is -2.14. The van der Waals surface area contributed by atoms with Crippen LogP contribution in [0.5, 0.6) is 0 Å². The van der Waals surface area contributed by atoms with E-state index < -0.39 is 9.84 Å². The Hall–Kier alpha value is -2.25. The molecule has 0 aliphatic carbocycles. The van der Waals surface area contributed by atoms with E-state index >= 15 is 0 Å². The summed E-state index contributed by atoms with van der Waals surface area (Å²) in [6.07, 6.45) is 1.10. The number of benzene rings is 2. The smallest absolute Gasteiger partial charge is 0.252 e. The molecule has 0 aliphatic heterocycles. The molecular formula is C20H22N2O3S2. The normalized spacial score (nSPS) is 12.6. The first-order chi connectivity index (χ1) is 12.8. The van der Waals surface area contributed by atoms with Gasteiger partial charge in [-0.2, -0.15) is 4.99 Å². The van der Waals surface area contributed by atoms with Crippen molar-refractivity contribution in [2.24, 2.45) is 12.0 Å². The van der Waals surface area contributed by atoms with Gasteiger partial charge in [0.05, 0.1) is 27.3 Å². The number of nitrogens with zero attached hydrogens (tertiary/aromatic N) is 2. The van der Waals surface area contributed by atoms with Crippen LogP contribution in [0, 0.1) is 0 Å². The van der Waals surface area contributed by atoms with Crippen molar-refractivity contribution < 1.29 is 13.2 Å². The number of aromatic nitrogens is 1. The van der Waals surface area contributed by atoms with Crippen LogP contribution in [-0.4, -0.2) is 24.6 Å². The molecule has 7 heteroatoms. The summed E-state index contributed by atoms with van der Waals surface area (Å²) in [5.74, 6) is -0.193. The van der Waals surface area contributed by atoms with Gasteiger partial charge in [-0.15, -0.1) is 0 Å². The van der Waals surface area contributed by atoms with Crippen LogP contribution in [0.1, 0.15) is 25.0 Å². The Morgan fingerprint density at radius 2 is 1.74 bits per heavy atom. The lowest BCUT2D eigenvalue weighted by Gasteiger charge is -2.02. The fraction of sp³-hybridized carbons (Fsp3) is 0.300. The number of fused-ring (bicyclic) bond motifs is 1. The van der Waals surface area contributed by atoms with Gasteiger partial charge in [-0.3, -0.25) is 4.79 Å². The second-order valence-electron chi connectivity index (χ2n) is 6.33. The first kappa shape index (κ1) is 19.5. The van der Waals surface area contributed by atoms with Crippen LogP contribution in [0.25, 0.3) is 10.2 Å². The molecule has 27 heavy (non-hydrogen) atoms. The van der Waals surface area contributed by atoms with Gasteiger partial charge in [0.15, 0.2) is 14.6 Å². The summed E-state index contributed by atoms with van der Waals surface area (Å²) in [5, 5.41) is 0. The molecule has 2 aromatic carbocycles. The number of hydrogen-bond acceptors (Lipinski definition) is 4. The van der Waals surface area contributed by atoms with E-state index in [4.69, 9.17) is 0 Å². The number of amides is 1. The summed E-state index contributed by atoms with van der Waals surface area (Å²) in [6, 6.07) is 12.7. The van der Waals surface area contributed by atoms with E-state index in [0.29, 0.717) is 4.80 Å². The summed E-state index contributed by atoms with van der Waals surface area (Å²) in [6.45, 7) is 3.72. The number of hydrogen-bond donors (Lipinski definition) is 0. The first-order valence-electron chi connectivity index (χ1n) is 8.81. The van der Waals surface area contributed by atoms with Gasteiger partial charge in [0.25, 0.3) is 5.91 Å². The predicted molar refractivity (Wildman–Crippen MR) is 109 cm³/mol. The van der Waals surface area contributed by atoms with Crippen LogP contribution in [-0.2, 0) is 34.5 Å². The first-order valence-corrected chi connectivity index (χ1v) is 11.3. The highest BCUT2D eigenvalue weighted by Crippen LogP contribution is 2.19. The molecule has 0 saturated heterocycles. The molecular weight excluding hydrogens is 380 g/mol. The fourth-order valence-corrected chi connectivity index (χ4v) is 4.79. The molecule has 0 unspecified atom stereocenters. The molecule has 0 fully saturated rings. The van der Waals surface area contributed by atoms with Crippen molar-refractivity contribution in [2.75, 3.05) is 5.75 Å². The number of rotatable bonds is 5. The van der Waals surface area contributed by atoms with Crippen molar-refractivity contribution in [2.45, 2.75) is 31.6 Å². The fourth-order valence-electron chi connectivity index (χ4n) is 2.81. The minimum absolute atomic E-state index is 0.0583. The quantitative estimate of drug-likeness (QED) is 0.658. The van der Waals surface area contributed by atoms with Crippen LogP contribution in [0.3, 0.4) is 0 Å². The molecule has 0 bridgehead atoms. The van der Waals surface area contributed by atoms with E-state index in [1.165, 1.54) is 16.9 Å². The molecule has 0 aliphatic rings. The summed E-state index contributed by atoms with van der Waals surface area (Å²) < 4.78 is 26.7. The van der Waals surface area contributed by atoms with Crippen LogP contribution in [0.2, 0.25) is 0 Å². The standard InChI is InChI=1S/C20H22N2O3S2/c1-4-14-8-11-17-18(12-14)26-20(22(17)3)21-19(23)13-15-6-9-16(10-7-15)27(24,25)5-2/h6-12H,4-5,13H2,1-3H3. The molecule has 142 valence electrons. The zero-order valence-corrected chi connectivity index (χ0v) is 17.2. The summed E-state index contributed by atoms with van der Waals surface area (Å²) >= 11 is 1.50. The number of aryl methyl sites for hydroxylation is 2. The van der Waals surface area contributed by atoms with Crippen LogP contribution >= 0.6 is 11.3 Å². The molecule has 0 radical (unpaired) electrons. The Labute approximate surface area is 162 Å². The van der Waals surface area contributed by atoms with Crippen molar-refractivity contribution in [3.63, 3.8) is 0 Å². The van der Waals surface area contributed by atoms with E-state index in [0.717, 1.165) is 22.2 Å². The van der Waals surface area contributed by atoms with Gasteiger partial charge in [0.1, 0.15) is 0 Å². The maximum Gasteiger partial charge on any atom is 0.252 e. The lowest BCUT2D eigenvalue weighted by atomic mass is 10.1. The average molecular weight is 403 g/mol. The van der Waals surface area contributed by atoms with Crippen molar-refractivity contribution in [1.82, 2.24) is 4.57 Å². The van der Waals surface area contributed by atoms with Crippen molar-refractivity contribution in [3.8, 4) is 0 Å². The van der Waals surface area contributed by atoms with Gasteiger partial charge in [-0.05, 0) is 41.8 Å². The summed E-state index contributed by atoms with van der Waals surface area (Å²) in [4.78, 5) is 17.6. The molecule has 0 atom stereocenters. The molecule has 0 saturated carbocycles. The predicted octanol–water partition coefficient (Wildman–Crippen LogP) is 3.27. The maximum atomic E-state index is 12.4. The van der Waals surface area contributed by atoms with Crippen LogP contribution in [0.4, 0.5) is 0 Å². The largest absolute Gasteiger partial charge is 0.319 e. The lowest BCUT2D eigenvalue weighted by molar-refractivity contribution is -0.117. The van der Waals surface area contributed by atoms with E-state index in [9.17, 15) is 13.2 Å². The molecule has 1 amide bonds. The summed E-state index contributed by atoms with van der Waals surface area (Å²) in [7, 11) is -1.32. The third-order valence-corrected chi connectivity index (χ3v) is 7.37. The van der Waals surface area contributed by atoms with Gasteiger partial charge < -0.3 is 4.57 Å². The van der Waals surface area contributed by atoms with Gasteiger partial charge >= 0.3 is 0 Å². The Bertz CT molecular complexity index is 1150. The van der Waals surface area contributed by atoms with Crippen LogP contribution in [0.15, 0.2) is 52.4 Å². The molecule has 3 aromatic rings. The molecule has 0 spiro atoms. The number of carbonyl (C=O) groups excluding carboxylic acids is 1. The topological polar surface area (TPSA) is 68.5 Å². The monoisotopic (exact) mass is 402 g/mol. The van der Waals surface area contributed by atoms with E-state index in [1.54, 1.807) is 31.2 Å². The van der Waals surface area contributed by atoms with E-state index in [1.807, 2.05) is 11.6 Å². The highest BCUT2D eigenvalue weighted by Gasteiger charge is 2.12. The minimum atomic E-state index is -3.23. The molecule has 1 heterocycles. The second kappa shape index (κ2) is 7.78. The van der Waals surface area contributed by atoms with Gasteiger partial charge in [-0.1, -0.05) is 43.4 Å². The van der Waals surface area contributed by atoms with Crippen molar-refractivity contribution in [1.29, 1.82) is 0 Å². The Morgan fingerprint density at radius 3 is 2.37 bits per heavy atom. The Balaban J connectivity index is 1.85. The highest BCUT2D eigenvalue weighted by atomic mass is 32.2. The molecule has 1 aromatic heterocycles. The van der Waals surface area contributed by atoms with Crippen molar-refractivity contribution in [3.05, 3.63) is 58.4 Å². The van der Waals surface area contributed by atoms with Gasteiger partial charge in [0.2, 0.25) is 0 Å². The number of thiazole rings is 1. The zero-order chi connectivity index (χ0) is 19.6. The third kappa shape index (κ3) is 4.20. The maximum absolute atomic E-state index is 12.4. The zero-order valence-electron chi connectivity index (χ0n) is 15.6. The average Bonchev–Trinajstić information content (AvgIpc) is 2.96. The SMILES string of the molecule is CCc1ccc2c(c1)sc(=NC(=O)Cc1ccc(S(=O)(=O)CC)cc1)n2C. The molecule has 5 nitrogen and oxygen atoms in total. The van der Waals surface area contributed by atoms with Crippen LogP contribution < -0.4 is 4.80 Å². The van der Waals surface area contributed by atoms with Gasteiger partial charge in [0, 0.05) is 7.05 Å². The van der Waals surface area contributed by atoms with Gasteiger partial charge in [-0.25, -0.2) is 8.42 Å². The third-order valence-electron chi connectivity index (χ3n) is 4.52. The minimum Gasteiger partial charge on any atom is -0.319 e. The Morgan fingerprint density at radius 1 is 1.07 bits per heavy atom. The second-order valence-corrected chi connectivity index (χ2v) is 9.62. The molecule has 3 rings (SSSR count).